The van der Waals surface area contributed by atoms with Crippen molar-refractivity contribution in [2.75, 3.05) is 6.79 Å². The summed E-state index contributed by atoms with van der Waals surface area (Å²) in [5, 5.41) is 15.1. The first-order chi connectivity index (χ1) is 13.1. The fraction of sp³-hybridized carbons (Fsp3) is 0.211. The first-order valence-corrected chi connectivity index (χ1v) is 8.49. The molecule has 2 heterocycles. The Morgan fingerprint density at radius 1 is 1.19 bits per heavy atom. The average molecular weight is 366 g/mol. The molecule has 0 bridgehead atoms. The lowest BCUT2D eigenvalue weighted by atomic mass is 10.1. The topological polar surface area (TPSA) is 112 Å². The molecular formula is C19H18N4O4. The van der Waals surface area contributed by atoms with Gasteiger partial charge in [-0.05, 0) is 17.7 Å². The zero-order chi connectivity index (χ0) is 18.8. The molecule has 0 radical (unpaired) electrons. The maximum Gasteiger partial charge on any atom is 0.231 e. The summed E-state index contributed by atoms with van der Waals surface area (Å²) >= 11 is 0. The molecule has 0 aliphatic carbocycles. The van der Waals surface area contributed by atoms with Crippen LogP contribution in [0, 0.1) is 0 Å². The molecule has 0 fully saturated rings. The van der Waals surface area contributed by atoms with Crippen molar-refractivity contribution in [1.82, 2.24) is 14.8 Å². The van der Waals surface area contributed by atoms with Crippen LogP contribution >= 0.6 is 0 Å². The molecule has 1 aliphatic rings. The van der Waals surface area contributed by atoms with Crippen LogP contribution in [0.5, 0.6) is 11.5 Å². The van der Waals surface area contributed by atoms with Gasteiger partial charge in [-0.15, -0.1) is 5.10 Å². The summed E-state index contributed by atoms with van der Waals surface area (Å²) in [6.45, 7) is 0.169. The first kappa shape index (κ1) is 17.0. The van der Waals surface area contributed by atoms with Gasteiger partial charge in [-0.1, -0.05) is 30.3 Å². The number of aliphatic hydroxyl groups excluding tert-OH is 1. The molecule has 0 spiro atoms. The fourth-order valence-electron chi connectivity index (χ4n) is 2.88. The summed E-state index contributed by atoms with van der Waals surface area (Å²) in [5.74, 6) is 1.60. The van der Waals surface area contributed by atoms with Crippen LogP contribution in [-0.2, 0) is 11.2 Å². The number of hydrogen-bond acceptors (Lipinski definition) is 6. The zero-order valence-corrected chi connectivity index (χ0v) is 14.4. The Labute approximate surface area is 155 Å². The van der Waals surface area contributed by atoms with E-state index >= 15 is 0 Å². The Morgan fingerprint density at radius 2 is 1.96 bits per heavy atom. The van der Waals surface area contributed by atoms with Crippen molar-refractivity contribution in [1.29, 1.82) is 0 Å². The molecule has 8 heteroatoms. The first-order valence-electron chi connectivity index (χ1n) is 8.49. The van der Waals surface area contributed by atoms with Crippen LogP contribution in [-0.4, -0.2) is 32.6 Å². The molecule has 0 saturated carbocycles. The minimum Gasteiger partial charge on any atom is -0.454 e. The summed E-state index contributed by atoms with van der Waals surface area (Å²) in [4.78, 5) is 15.7. The number of hydrogen-bond donors (Lipinski definition) is 2. The molecule has 4 rings (SSSR count). The third kappa shape index (κ3) is 3.47. The van der Waals surface area contributed by atoms with Gasteiger partial charge >= 0.3 is 0 Å². The largest absolute Gasteiger partial charge is 0.454 e. The van der Waals surface area contributed by atoms with Crippen LogP contribution in [0.15, 0.2) is 48.5 Å². The lowest BCUT2D eigenvalue weighted by molar-refractivity contribution is -0.118. The number of aryl methyl sites for hydroxylation is 1. The quantitative estimate of drug-likeness (QED) is 0.684. The SMILES string of the molecule is NC(=O)CCc1nc([C@H](O)c2ccccc2)nn1-c1ccc2c(c1)OCO2. The van der Waals surface area contributed by atoms with E-state index in [4.69, 9.17) is 15.2 Å². The number of ether oxygens (including phenoxy) is 2. The second-order valence-electron chi connectivity index (χ2n) is 6.12. The highest BCUT2D eigenvalue weighted by Gasteiger charge is 2.21. The van der Waals surface area contributed by atoms with E-state index in [1.165, 1.54) is 0 Å². The normalized spacial score (nSPS) is 13.5. The summed E-state index contributed by atoms with van der Waals surface area (Å²) in [6, 6.07) is 14.5. The van der Waals surface area contributed by atoms with Gasteiger partial charge in [0.15, 0.2) is 17.3 Å². The molecule has 1 amide bonds. The number of nitrogens with two attached hydrogens (primary N) is 1. The standard InChI is InChI=1S/C19H18N4O4/c20-16(24)8-9-17-21-19(18(25)12-4-2-1-3-5-12)22-23(17)13-6-7-14-15(10-13)27-11-26-14/h1-7,10,18,25H,8-9,11H2,(H2,20,24)/t18-/m1/s1. The molecule has 1 aliphatic heterocycles. The second kappa shape index (κ2) is 7.08. The molecule has 3 N–H and O–H groups in total. The number of nitrogens with zero attached hydrogens (tertiary/aromatic N) is 3. The fourth-order valence-corrected chi connectivity index (χ4v) is 2.88. The van der Waals surface area contributed by atoms with Crippen LogP contribution in [0.4, 0.5) is 0 Å². The van der Waals surface area contributed by atoms with Gasteiger partial charge in [-0.25, -0.2) is 9.67 Å². The molecule has 2 aromatic carbocycles. The van der Waals surface area contributed by atoms with E-state index in [0.29, 0.717) is 35.0 Å². The maximum absolute atomic E-state index is 11.2. The highest BCUT2D eigenvalue weighted by atomic mass is 16.7. The zero-order valence-electron chi connectivity index (χ0n) is 14.4. The van der Waals surface area contributed by atoms with Gasteiger partial charge < -0.3 is 20.3 Å². The molecule has 0 saturated heterocycles. The maximum atomic E-state index is 11.2. The minimum atomic E-state index is -0.978. The summed E-state index contributed by atoms with van der Waals surface area (Å²) in [6.07, 6.45) is -0.545. The highest BCUT2D eigenvalue weighted by Crippen LogP contribution is 2.34. The van der Waals surface area contributed by atoms with Gasteiger partial charge in [0.2, 0.25) is 12.7 Å². The van der Waals surface area contributed by atoms with E-state index in [9.17, 15) is 9.90 Å². The van der Waals surface area contributed by atoms with Gasteiger partial charge in [-0.2, -0.15) is 0 Å². The Bertz CT molecular complexity index is 971. The van der Waals surface area contributed by atoms with Gasteiger partial charge in [0.1, 0.15) is 11.9 Å². The van der Waals surface area contributed by atoms with Gasteiger partial charge in [0, 0.05) is 18.9 Å². The number of carbonyl (C=O) groups is 1. The molecule has 1 atom stereocenters. The van der Waals surface area contributed by atoms with Crippen molar-refractivity contribution in [2.45, 2.75) is 18.9 Å². The second-order valence-corrected chi connectivity index (χ2v) is 6.12. The van der Waals surface area contributed by atoms with E-state index in [1.54, 1.807) is 28.9 Å². The number of primary amides is 1. The number of benzene rings is 2. The number of carbonyl (C=O) groups excluding carboxylic acids is 1. The highest BCUT2D eigenvalue weighted by molar-refractivity contribution is 5.73. The smallest absolute Gasteiger partial charge is 0.231 e. The Balaban J connectivity index is 1.72. The van der Waals surface area contributed by atoms with E-state index < -0.39 is 12.0 Å². The van der Waals surface area contributed by atoms with Crippen LogP contribution in [0.2, 0.25) is 0 Å². The number of amides is 1. The molecule has 27 heavy (non-hydrogen) atoms. The summed E-state index contributed by atoms with van der Waals surface area (Å²) < 4.78 is 12.3. The molecule has 138 valence electrons. The van der Waals surface area contributed by atoms with Crippen LogP contribution < -0.4 is 15.2 Å². The summed E-state index contributed by atoms with van der Waals surface area (Å²) in [7, 11) is 0. The third-order valence-electron chi connectivity index (χ3n) is 4.25. The van der Waals surface area contributed by atoms with Crippen LogP contribution in [0.1, 0.15) is 29.7 Å². The van der Waals surface area contributed by atoms with E-state index in [2.05, 4.69) is 10.1 Å². The van der Waals surface area contributed by atoms with E-state index in [1.807, 2.05) is 24.3 Å². The van der Waals surface area contributed by atoms with Crippen molar-refractivity contribution >= 4 is 5.91 Å². The van der Waals surface area contributed by atoms with Crippen molar-refractivity contribution < 1.29 is 19.4 Å². The number of aliphatic hydroxyl groups is 1. The molecule has 1 aromatic heterocycles. The van der Waals surface area contributed by atoms with Gasteiger partial charge in [0.05, 0.1) is 5.69 Å². The molecule has 3 aromatic rings. The predicted molar refractivity (Wildman–Crippen MR) is 95.5 cm³/mol. The molecular weight excluding hydrogens is 348 g/mol. The van der Waals surface area contributed by atoms with E-state index in [-0.39, 0.29) is 19.0 Å². The van der Waals surface area contributed by atoms with E-state index in [0.717, 1.165) is 0 Å². The Kier molecular flexibility index (Phi) is 4.47. The monoisotopic (exact) mass is 366 g/mol. The minimum absolute atomic E-state index is 0.129. The van der Waals surface area contributed by atoms with Gasteiger partial charge in [0.25, 0.3) is 0 Å². The summed E-state index contributed by atoms with van der Waals surface area (Å²) in [5.41, 5.74) is 6.65. The number of fused-ring (bicyclic) bond motifs is 1. The molecule has 0 unspecified atom stereocenters. The van der Waals surface area contributed by atoms with Crippen LogP contribution in [0.3, 0.4) is 0 Å². The van der Waals surface area contributed by atoms with Crippen molar-refractivity contribution in [3.63, 3.8) is 0 Å². The average Bonchev–Trinajstić information content (AvgIpc) is 3.32. The number of aromatic nitrogens is 3. The Hall–Kier alpha value is -3.39. The van der Waals surface area contributed by atoms with Crippen molar-refractivity contribution in [3.05, 3.63) is 65.7 Å². The lowest BCUT2D eigenvalue weighted by Crippen LogP contribution is -2.13. The van der Waals surface area contributed by atoms with Gasteiger partial charge in [-0.3, -0.25) is 4.79 Å². The Morgan fingerprint density at radius 3 is 2.74 bits per heavy atom. The van der Waals surface area contributed by atoms with Crippen molar-refractivity contribution in [3.8, 4) is 17.2 Å². The molecule has 8 nitrogen and oxygen atoms in total. The van der Waals surface area contributed by atoms with Crippen LogP contribution in [0.25, 0.3) is 5.69 Å². The van der Waals surface area contributed by atoms with Crippen molar-refractivity contribution in [2.24, 2.45) is 5.73 Å². The predicted octanol–water partition coefficient (Wildman–Crippen LogP) is 1.50. The third-order valence-corrected chi connectivity index (χ3v) is 4.25. The number of rotatable bonds is 6. The lowest BCUT2D eigenvalue weighted by Gasteiger charge is -2.07.